The highest BCUT2D eigenvalue weighted by atomic mass is 16.4. The maximum atomic E-state index is 11.1. The number of carboxylic acids is 2. The topological polar surface area (TPSA) is 94.8 Å². The Morgan fingerprint density at radius 1 is 1.00 bits per heavy atom. The van der Waals surface area contributed by atoms with Crippen LogP contribution in [-0.4, -0.2) is 27.3 Å². The highest BCUT2D eigenvalue weighted by Crippen LogP contribution is 2.18. The number of aromatic hydroxyl groups is 1. The Kier molecular flexibility index (Phi) is 4.48. The summed E-state index contributed by atoms with van der Waals surface area (Å²) >= 11 is 0. The van der Waals surface area contributed by atoms with Crippen molar-refractivity contribution in [3.8, 4) is 5.75 Å². The molecule has 0 unspecified atom stereocenters. The third-order valence-electron chi connectivity index (χ3n) is 2.55. The molecule has 0 aliphatic heterocycles. The summed E-state index contributed by atoms with van der Waals surface area (Å²) in [7, 11) is 0. The van der Waals surface area contributed by atoms with E-state index in [1.807, 2.05) is 0 Å². The molecule has 0 saturated heterocycles. The van der Waals surface area contributed by atoms with Gasteiger partial charge in [0.05, 0.1) is 5.57 Å². The van der Waals surface area contributed by atoms with Crippen molar-refractivity contribution >= 4 is 11.9 Å². The second-order valence-electron chi connectivity index (χ2n) is 3.76. The summed E-state index contributed by atoms with van der Waals surface area (Å²) in [4.78, 5) is 22.1. The van der Waals surface area contributed by atoms with E-state index >= 15 is 0 Å². The van der Waals surface area contributed by atoms with Gasteiger partial charge < -0.3 is 15.3 Å². The lowest BCUT2D eigenvalue weighted by Gasteiger charge is -2.07. The lowest BCUT2D eigenvalue weighted by atomic mass is 9.98. The molecule has 18 heavy (non-hydrogen) atoms. The fourth-order valence-electron chi connectivity index (χ4n) is 1.62. The summed E-state index contributed by atoms with van der Waals surface area (Å²) in [5, 5.41) is 27.1. The van der Waals surface area contributed by atoms with Gasteiger partial charge in [-0.1, -0.05) is 19.1 Å². The number of carbonyl (C=O) groups is 2. The predicted molar refractivity (Wildman–Crippen MR) is 64.4 cm³/mol. The molecule has 5 heteroatoms. The third-order valence-corrected chi connectivity index (χ3v) is 2.55. The highest BCUT2D eigenvalue weighted by molar-refractivity contribution is 5.99. The quantitative estimate of drug-likeness (QED) is 0.693. The monoisotopic (exact) mass is 250 g/mol. The van der Waals surface area contributed by atoms with Crippen LogP contribution >= 0.6 is 0 Å². The van der Waals surface area contributed by atoms with E-state index < -0.39 is 11.9 Å². The van der Waals surface area contributed by atoms with Gasteiger partial charge in [0.25, 0.3) is 0 Å². The molecular formula is C13H14O5. The molecule has 0 radical (unpaired) electrons. The summed E-state index contributed by atoms with van der Waals surface area (Å²) in [6.45, 7) is 1.60. The van der Waals surface area contributed by atoms with Gasteiger partial charge in [0, 0.05) is 12.0 Å². The summed E-state index contributed by atoms with van der Waals surface area (Å²) in [6.07, 6.45) is 0.167. The lowest BCUT2D eigenvalue weighted by Crippen LogP contribution is -2.13. The summed E-state index contributed by atoms with van der Waals surface area (Å²) in [5.74, 6) is -2.37. The number of aliphatic carboxylic acids is 2. The molecule has 1 aromatic carbocycles. The third kappa shape index (κ3) is 3.35. The SMILES string of the molecule is CC/C(C(=O)O)=C(\Cc1ccc(O)cc1)C(=O)O. The second kappa shape index (κ2) is 5.86. The minimum absolute atomic E-state index is 0.0189. The molecule has 1 aromatic rings. The summed E-state index contributed by atoms with van der Waals surface area (Å²) < 4.78 is 0. The van der Waals surface area contributed by atoms with Crippen molar-refractivity contribution in [1.82, 2.24) is 0 Å². The first kappa shape index (κ1) is 13.8. The van der Waals surface area contributed by atoms with Crippen LogP contribution < -0.4 is 0 Å². The zero-order valence-electron chi connectivity index (χ0n) is 9.88. The van der Waals surface area contributed by atoms with Crippen molar-refractivity contribution < 1.29 is 24.9 Å². The molecule has 0 bridgehead atoms. The van der Waals surface area contributed by atoms with Crippen LogP contribution in [0, 0.1) is 0 Å². The van der Waals surface area contributed by atoms with Crippen LogP contribution in [0.2, 0.25) is 0 Å². The van der Waals surface area contributed by atoms with Gasteiger partial charge in [0.2, 0.25) is 0 Å². The minimum Gasteiger partial charge on any atom is -0.508 e. The first-order valence-electron chi connectivity index (χ1n) is 5.42. The maximum Gasteiger partial charge on any atom is 0.332 e. The van der Waals surface area contributed by atoms with Crippen molar-refractivity contribution in [3.63, 3.8) is 0 Å². The van der Waals surface area contributed by atoms with Gasteiger partial charge in [0.1, 0.15) is 5.75 Å². The maximum absolute atomic E-state index is 11.1. The zero-order chi connectivity index (χ0) is 13.7. The smallest absolute Gasteiger partial charge is 0.332 e. The number of carboxylic acid groups (broad SMARTS) is 2. The molecule has 0 atom stereocenters. The molecule has 0 spiro atoms. The Hall–Kier alpha value is -2.30. The van der Waals surface area contributed by atoms with Crippen LogP contribution in [0.5, 0.6) is 5.75 Å². The zero-order valence-corrected chi connectivity index (χ0v) is 9.88. The Labute approximate surface area is 104 Å². The Morgan fingerprint density at radius 3 is 1.89 bits per heavy atom. The summed E-state index contributed by atoms with van der Waals surface area (Å²) in [6, 6.07) is 5.99. The molecule has 0 aliphatic carbocycles. The molecule has 0 heterocycles. The highest BCUT2D eigenvalue weighted by Gasteiger charge is 2.18. The van der Waals surface area contributed by atoms with Crippen LogP contribution in [0.25, 0.3) is 0 Å². The Bertz CT molecular complexity index is 485. The van der Waals surface area contributed by atoms with Crippen molar-refractivity contribution in [2.45, 2.75) is 19.8 Å². The predicted octanol–water partition coefficient (Wildman–Crippen LogP) is 1.81. The molecular weight excluding hydrogens is 236 g/mol. The molecule has 1 rings (SSSR count). The Morgan fingerprint density at radius 2 is 1.50 bits per heavy atom. The number of benzene rings is 1. The van der Waals surface area contributed by atoms with E-state index in [2.05, 4.69) is 0 Å². The van der Waals surface area contributed by atoms with Gasteiger partial charge in [-0.3, -0.25) is 0 Å². The van der Waals surface area contributed by atoms with Gasteiger partial charge in [-0.2, -0.15) is 0 Å². The van der Waals surface area contributed by atoms with Crippen LogP contribution in [0.3, 0.4) is 0 Å². The number of phenols is 1. The minimum atomic E-state index is -1.23. The van der Waals surface area contributed by atoms with Crippen molar-refractivity contribution in [2.24, 2.45) is 0 Å². The summed E-state index contributed by atoms with van der Waals surface area (Å²) in [5.41, 5.74) is 0.406. The average molecular weight is 250 g/mol. The first-order valence-corrected chi connectivity index (χ1v) is 5.42. The standard InChI is InChI=1S/C13H14O5/c1-2-10(12(15)16)11(13(17)18)7-8-3-5-9(14)6-4-8/h3-6,14H,2,7H2,1H3,(H,15,16)(H,17,18)/b11-10-. The Balaban J connectivity index is 3.11. The van der Waals surface area contributed by atoms with Crippen LogP contribution in [0.4, 0.5) is 0 Å². The van der Waals surface area contributed by atoms with E-state index in [9.17, 15) is 9.59 Å². The molecule has 0 aromatic heterocycles. The lowest BCUT2D eigenvalue weighted by molar-refractivity contribution is -0.136. The number of phenolic OH excluding ortho intramolecular Hbond substituents is 1. The normalized spacial score (nSPS) is 11.8. The number of rotatable bonds is 5. The van der Waals surface area contributed by atoms with Gasteiger partial charge in [-0.15, -0.1) is 0 Å². The van der Waals surface area contributed by atoms with Crippen LogP contribution in [0.1, 0.15) is 18.9 Å². The number of hydrogen-bond acceptors (Lipinski definition) is 3. The van der Waals surface area contributed by atoms with Crippen LogP contribution in [-0.2, 0) is 16.0 Å². The molecule has 0 saturated carbocycles. The van der Waals surface area contributed by atoms with Gasteiger partial charge in [-0.05, 0) is 24.1 Å². The van der Waals surface area contributed by atoms with E-state index in [0.29, 0.717) is 5.56 Å². The average Bonchev–Trinajstić information content (AvgIpc) is 2.30. The molecule has 0 aliphatic rings. The van der Waals surface area contributed by atoms with Crippen LogP contribution in [0.15, 0.2) is 35.4 Å². The van der Waals surface area contributed by atoms with Gasteiger partial charge in [-0.25, -0.2) is 9.59 Å². The van der Waals surface area contributed by atoms with Gasteiger partial charge in [0.15, 0.2) is 0 Å². The van der Waals surface area contributed by atoms with Gasteiger partial charge >= 0.3 is 11.9 Å². The van der Waals surface area contributed by atoms with E-state index in [1.165, 1.54) is 12.1 Å². The second-order valence-corrected chi connectivity index (χ2v) is 3.76. The molecule has 96 valence electrons. The van der Waals surface area contributed by atoms with Crippen molar-refractivity contribution in [3.05, 3.63) is 41.0 Å². The van der Waals surface area contributed by atoms with Crippen molar-refractivity contribution in [1.29, 1.82) is 0 Å². The van der Waals surface area contributed by atoms with E-state index in [4.69, 9.17) is 15.3 Å². The molecule has 3 N–H and O–H groups in total. The molecule has 0 fully saturated rings. The first-order chi connectivity index (χ1) is 8.45. The fraction of sp³-hybridized carbons (Fsp3) is 0.231. The molecule has 5 nitrogen and oxygen atoms in total. The largest absolute Gasteiger partial charge is 0.508 e. The van der Waals surface area contributed by atoms with E-state index in [-0.39, 0.29) is 29.7 Å². The van der Waals surface area contributed by atoms with E-state index in [0.717, 1.165) is 0 Å². The fourth-order valence-corrected chi connectivity index (χ4v) is 1.62. The van der Waals surface area contributed by atoms with E-state index in [1.54, 1.807) is 19.1 Å². The molecule has 0 amide bonds. The number of hydrogen-bond donors (Lipinski definition) is 3. The van der Waals surface area contributed by atoms with Crippen molar-refractivity contribution in [2.75, 3.05) is 0 Å².